The van der Waals surface area contributed by atoms with E-state index < -0.39 is 17.8 Å². The zero-order valence-corrected chi connectivity index (χ0v) is 15.7. The molecule has 3 aromatic rings. The van der Waals surface area contributed by atoms with Crippen LogP contribution >= 0.6 is 11.6 Å². The number of carbonyl (C=O) groups excluding carboxylic acids is 1. The molecule has 0 bridgehead atoms. The zero-order chi connectivity index (χ0) is 19.4. The molecule has 0 aliphatic heterocycles. The number of halogens is 2. The molecule has 0 radical (unpaired) electrons. The summed E-state index contributed by atoms with van der Waals surface area (Å²) in [7, 11) is 0. The highest BCUT2D eigenvalue weighted by molar-refractivity contribution is 6.30. The molecule has 3 rings (SSSR count). The minimum absolute atomic E-state index is 0.0426. The van der Waals surface area contributed by atoms with Gasteiger partial charge in [-0.1, -0.05) is 43.1 Å². The standard InChI is InChI=1S/C20H19ClFN3O2/c1-3-12(2)17(23-19(26)14-5-4-6-16(22)11-14)20-24-18(25-27-20)13-7-9-15(21)10-8-13/h4-12,17H,3H2,1-2H3,(H,23,26)/t12-,17+/m1/s1. The number of hydrogen-bond acceptors (Lipinski definition) is 4. The van der Waals surface area contributed by atoms with Crippen molar-refractivity contribution in [2.75, 3.05) is 0 Å². The number of nitrogens with one attached hydrogen (secondary N) is 1. The summed E-state index contributed by atoms with van der Waals surface area (Å²) in [5, 5.41) is 7.50. The third kappa shape index (κ3) is 4.52. The van der Waals surface area contributed by atoms with Crippen LogP contribution < -0.4 is 5.32 Å². The van der Waals surface area contributed by atoms with Crippen molar-refractivity contribution in [2.45, 2.75) is 26.3 Å². The second-order valence-corrected chi connectivity index (χ2v) is 6.75. The van der Waals surface area contributed by atoms with Gasteiger partial charge >= 0.3 is 0 Å². The van der Waals surface area contributed by atoms with E-state index in [4.69, 9.17) is 16.1 Å². The average molecular weight is 388 g/mol. The van der Waals surface area contributed by atoms with E-state index in [1.54, 1.807) is 30.3 Å². The molecule has 1 heterocycles. The number of nitrogens with zero attached hydrogens (tertiary/aromatic N) is 2. The number of benzene rings is 2. The normalized spacial score (nSPS) is 13.2. The van der Waals surface area contributed by atoms with Crippen LogP contribution in [0.3, 0.4) is 0 Å². The van der Waals surface area contributed by atoms with Crippen molar-refractivity contribution in [1.29, 1.82) is 0 Å². The number of rotatable bonds is 6. The lowest BCUT2D eigenvalue weighted by Crippen LogP contribution is -2.32. The molecule has 1 aromatic heterocycles. The summed E-state index contributed by atoms with van der Waals surface area (Å²) in [6.07, 6.45) is 0.784. The van der Waals surface area contributed by atoms with Gasteiger partial charge in [0.1, 0.15) is 11.9 Å². The van der Waals surface area contributed by atoms with Crippen molar-refractivity contribution >= 4 is 17.5 Å². The predicted molar refractivity (Wildman–Crippen MR) is 101 cm³/mol. The van der Waals surface area contributed by atoms with Gasteiger partial charge in [0.2, 0.25) is 11.7 Å². The van der Waals surface area contributed by atoms with Crippen molar-refractivity contribution in [1.82, 2.24) is 15.5 Å². The van der Waals surface area contributed by atoms with Gasteiger partial charge in [-0.2, -0.15) is 4.98 Å². The van der Waals surface area contributed by atoms with Gasteiger partial charge < -0.3 is 9.84 Å². The molecule has 1 N–H and O–H groups in total. The fraction of sp³-hybridized carbons (Fsp3) is 0.250. The average Bonchev–Trinajstić information content (AvgIpc) is 3.15. The lowest BCUT2D eigenvalue weighted by molar-refractivity contribution is 0.0909. The van der Waals surface area contributed by atoms with Crippen LogP contribution in [-0.2, 0) is 0 Å². The second-order valence-electron chi connectivity index (χ2n) is 6.31. The summed E-state index contributed by atoms with van der Waals surface area (Å²) in [6.45, 7) is 3.98. The first kappa shape index (κ1) is 19.0. The number of carbonyl (C=O) groups is 1. The van der Waals surface area contributed by atoms with Gasteiger partial charge in [-0.25, -0.2) is 4.39 Å². The molecule has 0 saturated carbocycles. The molecule has 0 spiro atoms. The van der Waals surface area contributed by atoms with Gasteiger partial charge in [0.25, 0.3) is 5.91 Å². The van der Waals surface area contributed by atoms with Crippen LogP contribution in [0, 0.1) is 11.7 Å². The molecule has 2 aromatic carbocycles. The molecule has 2 atom stereocenters. The highest BCUT2D eigenvalue weighted by Crippen LogP contribution is 2.26. The second kappa shape index (κ2) is 8.31. The van der Waals surface area contributed by atoms with Crippen LogP contribution in [0.25, 0.3) is 11.4 Å². The Morgan fingerprint density at radius 2 is 2.00 bits per heavy atom. The molecule has 0 fully saturated rings. The van der Waals surface area contributed by atoms with Crippen molar-refractivity contribution in [3.8, 4) is 11.4 Å². The third-order valence-electron chi connectivity index (χ3n) is 4.40. The smallest absolute Gasteiger partial charge is 0.252 e. The maximum atomic E-state index is 13.4. The highest BCUT2D eigenvalue weighted by Gasteiger charge is 2.27. The first-order valence-electron chi connectivity index (χ1n) is 8.64. The van der Waals surface area contributed by atoms with Gasteiger partial charge in [0, 0.05) is 16.1 Å². The van der Waals surface area contributed by atoms with Crippen LogP contribution in [0.5, 0.6) is 0 Å². The van der Waals surface area contributed by atoms with Crippen molar-refractivity contribution in [3.63, 3.8) is 0 Å². The van der Waals surface area contributed by atoms with Crippen molar-refractivity contribution in [2.24, 2.45) is 5.92 Å². The van der Waals surface area contributed by atoms with E-state index in [9.17, 15) is 9.18 Å². The summed E-state index contributed by atoms with van der Waals surface area (Å²) >= 11 is 5.90. The first-order valence-corrected chi connectivity index (χ1v) is 9.01. The molecule has 0 aliphatic carbocycles. The van der Waals surface area contributed by atoms with Crippen LogP contribution in [0.2, 0.25) is 5.02 Å². The minimum Gasteiger partial charge on any atom is -0.340 e. The summed E-state index contributed by atoms with van der Waals surface area (Å²) in [5.74, 6) is -0.105. The maximum Gasteiger partial charge on any atom is 0.252 e. The number of hydrogen-bond donors (Lipinski definition) is 1. The van der Waals surface area contributed by atoms with Crippen LogP contribution in [0.4, 0.5) is 4.39 Å². The summed E-state index contributed by atoms with van der Waals surface area (Å²) in [4.78, 5) is 17.0. The van der Waals surface area contributed by atoms with Crippen LogP contribution in [0.1, 0.15) is 42.6 Å². The number of aromatic nitrogens is 2. The van der Waals surface area contributed by atoms with Gasteiger partial charge in [-0.15, -0.1) is 0 Å². The Labute approximate surface area is 161 Å². The lowest BCUT2D eigenvalue weighted by Gasteiger charge is -2.20. The Kier molecular flexibility index (Phi) is 5.86. The van der Waals surface area contributed by atoms with E-state index in [-0.39, 0.29) is 11.5 Å². The van der Waals surface area contributed by atoms with Crippen LogP contribution in [-0.4, -0.2) is 16.0 Å². The van der Waals surface area contributed by atoms with E-state index in [0.717, 1.165) is 12.0 Å². The largest absolute Gasteiger partial charge is 0.340 e. The predicted octanol–water partition coefficient (Wildman–Crippen LogP) is 5.05. The highest BCUT2D eigenvalue weighted by atomic mass is 35.5. The SMILES string of the molecule is CC[C@@H](C)[C@H](NC(=O)c1cccc(F)c1)c1nc(-c2ccc(Cl)cc2)no1. The van der Waals surface area contributed by atoms with Gasteiger partial charge in [0.15, 0.2) is 0 Å². The molecule has 140 valence electrons. The molecular formula is C20H19ClFN3O2. The zero-order valence-electron chi connectivity index (χ0n) is 14.9. The van der Waals surface area contributed by atoms with E-state index in [1.165, 1.54) is 18.2 Å². The fourth-order valence-electron chi connectivity index (χ4n) is 2.62. The van der Waals surface area contributed by atoms with Gasteiger partial charge in [0.05, 0.1) is 0 Å². The Bertz CT molecular complexity index is 927. The summed E-state index contributed by atoms with van der Waals surface area (Å²) in [6, 6.07) is 12.1. The van der Waals surface area contributed by atoms with Gasteiger partial charge in [-0.3, -0.25) is 4.79 Å². The maximum absolute atomic E-state index is 13.4. The monoisotopic (exact) mass is 387 g/mol. The molecule has 1 amide bonds. The molecular weight excluding hydrogens is 369 g/mol. The molecule has 27 heavy (non-hydrogen) atoms. The van der Waals surface area contributed by atoms with Crippen LogP contribution in [0.15, 0.2) is 53.1 Å². The van der Waals surface area contributed by atoms with E-state index >= 15 is 0 Å². The molecule has 0 aliphatic rings. The molecule has 7 heteroatoms. The Morgan fingerprint density at radius 1 is 1.26 bits per heavy atom. The first-order chi connectivity index (χ1) is 13.0. The Balaban J connectivity index is 1.85. The topological polar surface area (TPSA) is 68.0 Å². The van der Waals surface area contributed by atoms with E-state index in [2.05, 4.69) is 15.5 Å². The summed E-state index contributed by atoms with van der Waals surface area (Å²) < 4.78 is 18.8. The molecule has 0 saturated heterocycles. The molecule has 5 nitrogen and oxygen atoms in total. The van der Waals surface area contributed by atoms with Crippen molar-refractivity contribution in [3.05, 3.63) is 70.8 Å². The number of amides is 1. The minimum atomic E-state index is -0.487. The summed E-state index contributed by atoms with van der Waals surface area (Å²) in [5.41, 5.74) is 0.995. The van der Waals surface area contributed by atoms with E-state index in [1.807, 2.05) is 13.8 Å². The van der Waals surface area contributed by atoms with Gasteiger partial charge in [-0.05, 0) is 48.4 Å². The lowest BCUT2D eigenvalue weighted by atomic mass is 9.98. The Hall–Kier alpha value is -2.73. The fourth-order valence-corrected chi connectivity index (χ4v) is 2.74. The third-order valence-corrected chi connectivity index (χ3v) is 4.65. The Morgan fingerprint density at radius 3 is 2.67 bits per heavy atom. The van der Waals surface area contributed by atoms with Crippen molar-refractivity contribution < 1.29 is 13.7 Å². The van der Waals surface area contributed by atoms with E-state index in [0.29, 0.717) is 16.7 Å². The molecule has 0 unspecified atom stereocenters. The quantitative estimate of drug-likeness (QED) is 0.642.